The van der Waals surface area contributed by atoms with Crippen LogP contribution in [0.2, 0.25) is 0 Å². The first-order valence-electron chi connectivity index (χ1n) is 6.90. The summed E-state index contributed by atoms with van der Waals surface area (Å²) in [6.07, 6.45) is 3.10. The third kappa shape index (κ3) is 6.22. The average molecular weight is 295 g/mol. The number of nitrogens with one attached hydrogen (secondary N) is 1. The van der Waals surface area contributed by atoms with Gasteiger partial charge in [-0.05, 0) is 18.6 Å². The quantitative estimate of drug-likeness (QED) is 0.671. The summed E-state index contributed by atoms with van der Waals surface area (Å²) < 4.78 is 0. The summed E-state index contributed by atoms with van der Waals surface area (Å²) in [4.78, 5) is 28.1. The molecule has 0 atom stereocenters. The average Bonchev–Trinajstić information content (AvgIpc) is 2.45. The molecule has 0 radical (unpaired) electrons. The van der Waals surface area contributed by atoms with Crippen LogP contribution in [0.1, 0.15) is 25.5 Å². The lowest BCUT2D eigenvalue weighted by molar-refractivity contribution is -0.136. The standard InChI is InChI=1S/C14H21N3O4/c1-2-3-6-17(7-8-18)14(21)16-12-5-4-11(15-10-12)9-13(19)20/h4-5,10,18H,2-3,6-9H2,1H3,(H,16,21)(H,19,20). The number of nitrogens with zero attached hydrogens (tertiary/aromatic N) is 2. The van der Waals surface area contributed by atoms with Gasteiger partial charge in [-0.2, -0.15) is 0 Å². The number of rotatable bonds is 8. The van der Waals surface area contributed by atoms with Crippen LogP contribution < -0.4 is 5.32 Å². The van der Waals surface area contributed by atoms with E-state index in [1.54, 1.807) is 12.1 Å². The Hall–Kier alpha value is -2.15. The fourth-order valence-corrected chi connectivity index (χ4v) is 1.75. The van der Waals surface area contributed by atoms with E-state index in [0.29, 0.717) is 17.9 Å². The topological polar surface area (TPSA) is 103 Å². The molecule has 1 rings (SSSR count). The number of aliphatic carboxylic acids is 1. The van der Waals surface area contributed by atoms with Crippen LogP contribution >= 0.6 is 0 Å². The maximum Gasteiger partial charge on any atom is 0.321 e. The highest BCUT2D eigenvalue weighted by Crippen LogP contribution is 2.08. The molecule has 0 fully saturated rings. The summed E-state index contributed by atoms with van der Waals surface area (Å²) in [5.74, 6) is -0.951. The van der Waals surface area contributed by atoms with Crippen molar-refractivity contribution < 1.29 is 19.8 Å². The number of carboxylic acid groups (broad SMARTS) is 1. The molecular formula is C14H21N3O4. The van der Waals surface area contributed by atoms with Crippen LogP contribution in [0.15, 0.2) is 18.3 Å². The minimum atomic E-state index is -0.951. The van der Waals surface area contributed by atoms with Crippen molar-refractivity contribution in [2.24, 2.45) is 0 Å². The van der Waals surface area contributed by atoms with E-state index in [4.69, 9.17) is 10.2 Å². The molecular weight excluding hydrogens is 274 g/mol. The molecule has 0 aliphatic heterocycles. The number of aromatic nitrogens is 1. The molecule has 0 spiro atoms. The first kappa shape index (κ1) is 16.9. The molecule has 0 aromatic carbocycles. The second kappa shape index (κ2) is 8.91. The number of amides is 2. The Morgan fingerprint density at radius 2 is 2.10 bits per heavy atom. The van der Waals surface area contributed by atoms with Gasteiger partial charge in [-0.3, -0.25) is 9.78 Å². The van der Waals surface area contributed by atoms with Gasteiger partial charge in [0.1, 0.15) is 0 Å². The number of carbonyl (C=O) groups is 2. The number of anilines is 1. The highest BCUT2D eigenvalue weighted by Gasteiger charge is 2.12. The molecule has 1 aromatic heterocycles. The predicted octanol–water partition coefficient (Wildman–Crippen LogP) is 1.34. The lowest BCUT2D eigenvalue weighted by Crippen LogP contribution is -2.37. The van der Waals surface area contributed by atoms with E-state index in [2.05, 4.69) is 10.3 Å². The van der Waals surface area contributed by atoms with E-state index < -0.39 is 5.97 Å². The molecule has 1 aromatic rings. The van der Waals surface area contributed by atoms with Gasteiger partial charge in [0, 0.05) is 13.1 Å². The molecule has 7 nitrogen and oxygen atoms in total. The molecule has 0 saturated heterocycles. The van der Waals surface area contributed by atoms with E-state index in [1.807, 2.05) is 6.92 Å². The van der Waals surface area contributed by atoms with E-state index in [0.717, 1.165) is 12.8 Å². The molecule has 0 saturated carbocycles. The SMILES string of the molecule is CCCCN(CCO)C(=O)Nc1ccc(CC(=O)O)nc1. The summed E-state index contributed by atoms with van der Waals surface area (Å²) in [6.45, 7) is 2.79. The molecule has 116 valence electrons. The highest BCUT2D eigenvalue weighted by atomic mass is 16.4. The van der Waals surface area contributed by atoms with Gasteiger partial charge in [-0.15, -0.1) is 0 Å². The number of hydrogen-bond acceptors (Lipinski definition) is 4. The first-order valence-corrected chi connectivity index (χ1v) is 6.90. The van der Waals surface area contributed by atoms with Crippen LogP contribution in [0.5, 0.6) is 0 Å². The maximum atomic E-state index is 12.1. The van der Waals surface area contributed by atoms with Crippen molar-refractivity contribution in [3.63, 3.8) is 0 Å². The van der Waals surface area contributed by atoms with Gasteiger partial charge in [0.05, 0.1) is 30.6 Å². The van der Waals surface area contributed by atoms with Crippen LogP contribution in [0.25, 0.3) is 0 Å². The Kier molecular flexibility index (Phi) is 7.17. The maximum absolute atomic E-state index is 12.1. The van der Waals surface area contributed by atoms with Crippen LogP contribution in [0.3, 0.4) is 0 Å². The van der Waals surface area contributed by atoms with E-state index in [-0.39, 0.29) is 25.6 Å². The van der Waals surface area contributed by atoms with Crippen LogP contribution in [0, 0.1) is 0 Å². The van der Waals surface area contributed by atoms with Crippen molar-refractivity contribution in [3.05, 3.63) is 24.0 Å². The monoisotopic (exact) mass is 295 g/mol. The van der Waals surface area contributed by atoms with Crippen LogP contribution in [-0.4, -0.2) is 51.8 Å². The molecule has 0 bridgehead atoms. The summed E-state index contributed by atoms with van der Waals surface area (Å²) in [7, 11) is 0. The molecule has 0 aliphatic carbocycles. The third-order valence-electron chi connectivity index (χ3n) is 2.85. The molecule has 0 aliphatic rings. The number of urea groups is 1. The largest absolute Gasteiger partial charge is 0.481 e. The van der Waals surface area contributed by atoms with Gasteiger partial charge < -0.3 is 20.4 Å². The first-order chi connectivity index (χ1) is 10.1. The minimum absolute atomic E-state index is 0.0903. The Balaban J connectivity index is 2.60. The van der Waals surface area contributed by atoms with Gasteiger partial charge in [0.15, 0.2) is 0 Å². The number of pyridine rings is 1. The Labute approximate surface area is 123 Å². The molecule has 3 N–H and O–H groups in total. The molecule has 1 heterocycles. The van der Waals surface area contributed by atoms with Crippen LogP contribution in [0.4, 0.5) is 10.5 Å². The molecule has 7 heteroatoms. The number of carbonyl (C=O) groups excluding carboxylic acids is 1. The third-order valence-corrected chi connectivity index (χ3v) is 2.85. The van der Waals surface area contributed by atoms with Crippen molar-refractivity contribution in [2.45, 2.75) is 26.2 Å². The van der Waals surface area contributed by atoms with Crippen LogP contribution in [-0.2, 0) is 11.2 Å². The minimum Gasteiger partial charge on any atom is -0.481 e. The summed E-state index contributed by atoms with van der Waals surface area (Å²) >= 11 is 0. The fraction of sp³-hybridized carbons (Fsp3) is 0.500. The van der Waals surface area contributed by atoms with Crippen molar-refractivity contribution in [1.82, 2.24) is 9.88 Å². The summed E-state index contributed by atoms with van der Waals surface area (Å²) in [6, 6.07) is 2.87. The van der Waals surface area contributed by atoms with E-state index in [1.165, 1.54) is 11.1 Å². The molecule has 0 unspecified atom stereocenters. The normalized spacial score (nSPS) is 10.2. The van der Waals surface area contributed by atoms with Crippen molar-refractivity contribution in [2.75, 3.05) is 25.0 Å². The molecule has 21 heavy (non-hydrogen) atoms. The van der Waals surface area contributed by atoms with Gasteiger partial charge in [-0.25, -0.2) is 4.79 Å². The number of unbranched alkanes of at least 4 members (excludes halogenated alkanes) is 1. The summed E-state index contributed by atoms with van der Waals surface area (Å²) in [5, 5.41) is 20.3. The molecule has 2 amide bonds. The smallest absolute Gasteiger partial charge is 0.321 e. The van der Waals surface area contributed by atoms with Gasteiger partial charge in [-0.1, -0.05) is 13.3 Å². The second-order valence-electron chi connectivity index (χ2n) is 4.60. The summed E-state index contributed by atoms with van der Waals surface area (Å²) in [5.41, 5.74) is 0.923. The fourth-order valence-electron chi connectivity index (χ4n) is 1.75. The zero-order valence-corrected chi connectivity index (χ0v) is 12.1. The Bertz CT molecular complexity index is 462. The number of aliphatic hydroxyl groups excluding tert-OH is 1. The number of carboxylic acids is 1. The lowest BCUT2D eigenvalue weighted by Gasteiger charge is -2.21. The second-order valence-corrected chi connectivity index (χ2v) is 4.60. The van der Waals surface area contributed by atoms with Crippen molar-refractivity contribution in [3.8, 4) is 0 Å². The van der Waals surface area contributed by atoms with Crippen molar-refractivity contribution in [1.29, 1.82) is 0 Å². The zero-order chi connectivity index (χ0) is 15.7. The zero-order valence-electron chi connectivity index (χ0n) is 12.1. The lowest BCUT2D eigenvalue weighted by atomic mass is 10.2. The number of hydrogen-bond donors (Lipinski definition) is 3. The Morgan fingerprint density at radius 3 is 2.62 bits per heavy atom. The van der Waals surface area contributed by atoms with Gasteiger partial charge in [0.25, 0.3) is 0 Å². The predicted molar refractivity (Wildman–Crippen MR) is 78.2 cm³/mol. The van der Waals surface area contributed by atoms with Gasteiger partial charge >= 0.3 is 12.0 Å². The highest BCUT2D eigenvalue weighted by molar-refractivity contribution is 5.89. The van der Waals surface area contributed by atoms with E-state index in [9.17, 15) is 9.59 Å². The van der Waals surface area contributed by atoms with Gasteiger partial charge in [0.2, 0.25) is 0 Å². The van der Waals surface area contributed by atoms with Crippen molar-refractivity contribution >= 4 is 17.7 Å². The van der Waals surface area contributed by atoms with E-state index >= 15 is 0 Å². The number of aliphatic hydroxyl groups is 1. The Morgan fingerprint density at radius 1 is 1.33 bits per heavy atom.